The van der Waals surface area contributed by atoms with E-state index in [1.165, 1.54) is 17.8 Å². The van der Waals surface area contributed by atoms with Crippen molar-refractivity contribution >= 4 is 10.0 Å². The first kappa shape index (κ1) is 19.3. The quantitative estimate of drug-likeness (QED) is 0.899. The van der Waals surface area contributed by atoms with Crippen molar-refractivity contribution in [2.45, 2.75) is 37.6 Å². The maximum atomic E-state index is 12.1. The number of rotatable bonds is 4. The van der Waals surface area contributed by atoms with E-state index in [1.54, 1.807) is 12.3 Å². The third kappa shape index (κ3) is 5.74. The predicted molar refractivity (Wildman–Crippen MR) is 91.5 cm³/mol. The second kappa shape index (κ2) is 8.19. The van der Waals surface area contributed by atoms with Crippen LogP contribution in [-0.2, 0) is 22.0 Å². The summed E-state index contributed by atoms with van der Waals surface area (Å²) in [6.07, 6.45) is 2.88. The first-order valence-corrected chi connectivity index (χ1v) is 8.71. The molecule has 5 nitrogen and oxygen atoms in total. The molecule has 2 aromatic rings. The summed E-state index contributed by atoms with van der Waals surface area (Å²) in [6, 6.07) is 11.1. The molecule has 0 radical (unpaired) electrons. The van der Waals surface area contributed by atoms with Crippen LogP contribution in [0.2, 0.25) is 0 Å². The number of nitrogens with zero attached hydrogens (tertiary/aromatic N) is 1. The summed E-state index contributed by atoms with van der Waals surface area (Å²) in [5.41, 5.74) is 2.24. The molecule has 0 saturated heterocycles. The maximum absolute atomic E-state index is 12.1. The fourth-order valence-corrected chi connectivity index (χ4v) is 2.87. The molecule has 0 spiro atoms. The van der Waals surface area contributed by atoms with Crippen molar-refractivity contribution < 1.29 is 13.5 Å². The Morgan fingerprint density at radius 1 is 1.09 bits per heavy atom. The van der Waals surface area contributed by atoms with Crippen molar-refractivity contribution in [3.8, 4) is 0 Å². The van der Waals surface area contributed by atoms with Gasteiger partial charge in [0.1, 0.15) is 4.90 Å². The van der Waals surface area contributed by atoms with E-state index in [1.807, 2.05) is 24.3 Å². The van der Waals surface area contributed by atoms with Crippen LogP contribution < -0.4 is 4.72 Å². The van der Waals surface area contributed by atoms with E-state index in [2.05, 4.69) is 30.5 Å². The number of benzene rings is 1. The van der Waals surface area contributed by atoms with E-state index in [0.29, 0.717) is 0 Å². The van der Waals surface area contributed by atoms with E-state index >= 15 is 0 Å². The van der Waals surface area contributed by atoms with Gasteiger partial charge in [0.25, 0.3) is 0 Å². The lowest BCUT2D eigenvalue weighted by Crippen LogP contribution is -2.23. The van der Waals surface area contributed by atoms with Gasteiger partial charge < -0.3 is 5.11 Å². The second-order valence-corrected chi connectivity index (χ2v) is 7.73. The van der Waals surface area contributed by atoms with Crippen LogP contribution in [0.25, 0.3) is 0 Å². The van der Waals surface area contributed by atoms with Gasteiger partial charge in [-0.3, -0.25) is 4.98 Å². The summed E-state index contributed by atoms with van der Waals surface area (Å²) >= 11 is 0. The van der Waals surface area contributed by atoms with Gasteiger partial charge in [-0.1, -0.05) is 45.0 Å². The molecule has 2 N–H and O–H groups in total. The molecular weight excluding hydrogens is 312 g/mol. The Labute approximate surface area is 138 Å². The Kier molecular flexibility index (Phi) is 6.87. The molecule has 0 bridgehead atoms. The molecule has 0 fully saturated rings. The average molecular weight is 336 g/mol. The van der Waals surface area contributed by atoms with Gasteiger partial charge in [0.15, 0.2) is 0 Å². The van der Waals surface area contributed by atoms with Crippen molar-refractivity contribution in [3.63, 3.8) is 0 Å². The molecule has 0 amide bonds. The van der Waals surface area contributed by atoms with Crippen molar-refractivity contribution in [1.82, 2.24) is 9.71 Å². The zero-order chi connectivity index (χ0) is 17.5. The Morgan fingerprint density at radius 2 is 1.70 bits per heavy atom. The molecular formula is C17H24N2O3S. The highest BCUT2D eigenvalue weighted by Gasteiger charge is 2.15. The summed E-state index contributed by atoms with van der Waals surface area (Å²) < 4.78 is 26.7. The normalized spacial score (nSPS) is 11.5. The van der Waals surface area contributed by atoms with Crippen molar-refractivity contribution in [3.05, 3.63) is 59.9 Å². The van der Waals surface area contributed by atoms with Gasteiger partial charge in [-0.15, -0.1) is 0 Å². The Bertz CT molecular complexity index is 691. The van der Waals surface area contributed by atoms with Gasteiger partial charge in [-0.05, 0) is 28.7 Å². The second-order valence-electron chi connectivity index (χ2n) is 5.96. The van der Waals surface area contributed by atoms with E-state index in [9.17, 15) is 8.42 Å². The summed E-state index contributed by atoms with van der Waals surface area (Å²) in [7, 11) is -2.51. The van der Waals surface area contributed by atoms with Crippen LogP contribution >= 0.6 is 0 Å². The van der Waals surface area contributed by atoms with Gasteiger partial charge in [0, 0.05) is 26.0 Å². The number of nitrogens with one attached hydrogen (secondary N) is 1. The minimum absolute atomic E-state index is 0.0910. The third-order valence-electron chi connectivity index (χ3n) is 3.23. The molecule has 6 heteroatoms. The summed E-state index contributed by atoms with van der Waals surface area (Å²) in [5.74, 6) is 0. The average Bonchev–Trinajstić information content (AvgIpc) is 2.55. The van der Waals surface area contributed by atoms with Crippen LogP contribution in [0.15, 0.2) is 53.7 Å². The molecule has 126 valence electrons. The molecule has 0 aliphatic carbocycles. The van der Waals surface area contributed by atoms with Gasteiger partial charge in [-0.25, -0.2) is 13.1 Å². The largest absolute Gasteiger partial charge is 0.400 e. The molecule has 1 heterocycles. The SMILES string of the molecule is CC(C)(C)c1ccc(CNS(=O)(=O)c2cccnc2)cc1.CO. The van der Waals surface area contributed by atoms with Crippen LogP contribution in [0.5, 0.6) is 0 Å². The minimum Gasteiger partial charge on any atom is -0.400 e. The summed E-state index contributed by atoms with van der Waals surface area (Å²) in [6.45, 7) is 6.70. The first-order valence-electron chi connectivity index (χ1n) is 7.23. The molecule has 2 rings (SSSR count). The number of hydrogen-bond donors (Lipinski definition) is 2. The van der Waals surface area contributed by atoms with Crippen LogP contribution in [0, 0.1) is 0 Å². The highest BCUT2D eigenvalue weighted by Crippen LogP contribution is 2.22. The standard InChI is InChI=1S/C16H20N2O2S.CH4O/c1-16(2,3)14-8-6-13(7-9-14)11-18-21(19,20)15-5-4-10-17-12-15;1-2/h4-10,12,18H,11H2,1-3H3;2H,1H3. The summed E-state index contributed by atoms with van der Waals surface area (Å²) in [5, 5.41) is 7.00. The zero-order valence-electron chi connectivity index (χ0n) is 13.9. The molecule has 1 aromatic heterocycles. The highest BCUT2D eigenvalue weighted by molar-refractivity contribution is 7.89. The lowest BCUT2D eigenvalue weighted by Gasteiger charge is -2.19. The fraction of sp³-hybridized carbons (Fsp3) is 0.353. The van der Waals surface area contributed by atoms with Crippen LogP contribution in [-0.4, -0.2) is 25.6 Å². The number of sulfonamides is 1. The van der Waals surface area contributed by atoms with Crippen LogP contribution in [0.1, 0.15) is 31.9 Å². The predicted octanol–water partition coefficient (Wildman–Crippen LogP) is 2.47. The number of aliphatic hydroxyl groups excluding tert-OH is 1. The lowest BCUT2D eigenvalue weighted by atomic mass is 9.87. The number of pyridine rings is 1. The molecule has 0 atom stereocenters. The molecule has 1 aromatic carbocycles. The lowest BCUT2D eigenvalue weighted by molar-refractivity contribution is 0.399. The van der Waals surface area contributed by atoms with Crippen molar-refractivity contribution in [2.75, 3.05) is 7.11 Å². The topological polar surface area (TPSA) is 79.3 Å². The van der Waals surface area contributed by atoms with E-state index in [0.717, 1.165) is 12.7 Å². The fourth-order valence-electron chi connectivity index (χ4n) is 1.89. The molecule has 0 aliphatic rings. The minimum atomic E-state index is -3.51. The smallest absolute Gasteiger partial charge is 0.242 e. The number of hydrogen-bond acceptors (Lipinski definition) is 4. The highest BCUT2D eigenvalue weighted by atomic mass is 32.2. The number of aliphatic hydroxyl groups is 1. The monoisotopic (exact) mass is 336 g/mol. The Hall–Kier alpha value is -1.76. The van der Waals surface area contributed by atoms with Crippen molar-refractivity contribution in [2.24, 2.45) is 0 Å². The first-order chi connectivity index (χ1) is 10.8. The van der Waals surface area contributed by atoms with E-state index in [-0.39, 0.29) is 16.9 Å². The van der Waals surface area contributed by atoms with E-state index in [4.69, 9.17) is 5.11 Å². The van der Waals surface area contributed by atoms with Crippen LogP contribution in [0.4, 0.5) is 0 Å². The van der Waals surface area contributed by atoms with Crippen molar-refractivity contribution in [1.29, 1.82) is 0 Å². The van der Waals surface area contributed by atoms with Crippen LogP contribution in [0.3, 0.4) is 0 Å². The van der Waals surface area contributed by atoms with E-state index < -0.39 is 10.0 Å². The maximum Gasteiger partial charge on any atom is 0.242 e. The number of aromatic nitrogens is 1. The summed E-state index contributed by atoms with van der Waals surface area (Å²) in [4.78, 5) is 4.00. The van der Waals surface area contributed by atoms with Gasteiger partial charge >= 0.3 is 0 Å². The zero-order valence-corrected chi connectivity index (χ0v) is 14.8. The Balaban J connectivity index is 0.00000127. The van der Waals surface area contributed by atoms with Gasteiger partial charge in [0.2, 0.25) is 10.0 Å². The molecule has 0 unspecified atom stereocenters. The molecule has 23 heavy (non-hydrogen) atoms. The van der Waals surface area contributed by atoms with Gasteiger partial charge in [-0.2, -0.15) is 0 Å². The molecule has 0 saturated carbocycles. The third-order valence-corrected chi connectivity index (χ3v) is 4.62. The molecule has 0 aliphatic heterocycles. The Morgan fingerprint density at radius 3 is 2.17 bits per heavy atom. The van der Waals surface area contributed by atoms with Gasteiger partial charge in [0.05, 0.1) is 0 Å².